The highest BCUT2D eigenvalue weighted by molar-refractivity contribution is 5.86. The molecule has 0 atom stereocenters. The molecule has 0 radical (unpaired) electrons. The molecule has 90 valence electrons. The Balaban J connectivity index is 1.92. The number of aromatic nitrogens is 3. The minimum atomic E-state index is 0.865. The summed E-state index contributed by atoms with van der Waals surface area (Å²) < 4.78 is 1.80. The van der Waals surface area contributed by atoms with Crippen LogP contribution in [0.1, 0.15) is 0 Å². The molecule has 3 heteroatoms. The molecule has 0 aliphatic heterocycles. The van der Waals surface area contributed by atoms with Crippen molar-refractivity contribution >= 4 is 16.4 Å². The van der Waals surface area contributed by atoms with Crippen molar-refractivity contribution in [3.05, 3.63) is 67.0 Å². The Morgan fingerprint density at radius 2 is 1.74 bits per heavy atom. The van der Waals surface area contributed by atoms with E-state index in [2.05, 4.69) is 52.5 Å². The van der Waals surface area contributed by atoms with Crippen LogP contribution in [-0.4, -0.2) is 14.6 Å². The Labute approximate surface area is 110 Å². The highest BCUT2D eigenvalue weighted by Gasteiger charge is 2.03. The van der Waals surface area contributed by atoms with Gasteiger partial charge in [0, 0.05) is 18.0 Å². The highest BCUT2D eigenvalue weighted by Crippen LogP contribution is 2.22. The Morgan fingerprint density at radius 3 is 2.68 bits per heavy atom. The van der Waals surface area contributed by atoms with Crippen molar-refractivity contribution in [1.82, 2.24) is 14.6 Å². The van der Waals surface area contributed by atoms with Crippen molar-refractivity contribution in [2.24, 2.45) is 0 Å². The Bertz CT molecular complexity index is 877. The molecule has 0 amide bonds. The fourth-order valence-electron chi connectivity index (χ4n) is 2.32. The maximum atomic E-state index is 4.57. The van der Waals surface area contributed by atoms with Gasteiger partial charge in [-0.1, -0.05) is 36.4 Å². The molecule has 0 aliphatic rings. The van der Waals surface area contributed by atoms with Gasteiger partial charge in [-0.25, -0.2) is 9.50 Å². The predicted molar refractivity (Wildman–Crippen MR) is 75.9 cm³/mol. The van der Waals surface area contributed by atoms with Crippen molar-refractivity contribution < 1.29 is 0 Å². The van der Waals surface area contributed by atoms with E-state index in [-0.39, 0.29) is 0 Å². The van der Waals surface area contributed by atoms with Crippen LogP contribution >= 0.6 is 0 Å². The second kappa shape index (κ2) is 3.92. The number of hydrogen-bond donors (Lipinski definition) is 0. The van der Waals surface area contributed by atoms with Crippen molar-refractivity contribution in [3.63, 3.8) is 0 Å². The van der Waals surface area contributed by atoms with Crippen molar-refractivity contribution in [1.29, 1.82) is 0 Å². The summed E-state index contributed by atoms with van der Waals surface area (Å²) in [5.74, 6) is 0. The molecule has 2 aromatic carbocycles. The molecule has 0 spiro atoms. The van der Waals surface area contributed by atoms with Crippen LogP contribution < -0.4 is 0 Å². The Morgan fingerprint density at radius 1 is 0.842 bits per heavy atom. The van der Waals surface area contributed by atoms with Crippen LogP contribution in [0.2, 0.25) is 0 Å². The predicted octanol–water partition coefficient (Wildman–Crippen LogP) is 3.55. The van der Waals surface area contributed by atoms with Crippen LogP contribution in [0.4, 0.5) is 0 Å². The molecule has 0 unspecified atom stereocenters. The summed E-state index contributed by atoms with van der Waals surface area (Å²) in [6.07, 6.45) is 3.62. The first kappa shape index (κ1) is 10.3. The molecule has 0 bridgehead atoms. The quantitative estimate of drug-likeness (QED) is 0.513. The molecule has 0 aliphatic carbocycles. The Hall–Kier alpha value is -2.68. The van der Waals surface area contributed by atoms with Gasteiger partial charge in [-0.2, -0.15) is 5.10 Å². The second-order valence-electron chi connectivity index (χ2n) is 4.51. The molecule has 19 heavy (non-hydrogen) atoms. The van der Waals surface area contributed by atoms with E-state index in [9.17, 15) is 0 Å². The van der Waals surface area contributed by atoms with Crippen molar-refractivity contribution in [3.8, 4) is 11.3 Å². The molecule has 2 aromatic heterocycles. The van der Waals surface area contributed by atoms with Gasteiger partial charge < -0.3 is 0 Å². The van der Waals surface area contributed by atoms with E-state index in [0.29, 0.717) is 0 Å². The average Bonchev–Trinajstić information content (AvgIpc) is 2.94. The summed E-state index contributed by atoms with van der Waals surface area (Å²) in [5, 5.41) is 7.04. The molecular weight excluding hydrogens is 234 g/mol. The average molecular weight is 245 g/mol. The second-order valence-corrected chi connectivity index (χ2v) is 4.51. The molecular formula is C16H11N3. The summed E-state index contributed by atoms with van der Waals surface area (Å²) in [4.78, 5) is 4.20. The third kappa shape index (κ3) is 1.67. The van der Waals surface area contributed by atoms with Crippen LogP contribution in [-0.2, 0) is 0 Å². The molecule has 2 heterocycles. The highest BCUT2D eigenvalue weighted by atomic mass is 15.2. The zero-order valence-corrected chi connectivity index (χ0v) is 10.2. The van der Waals surface area contributed by atoms with E-state index in [4.69, 9.17) is 0 Å². The van der Waals surface area contributed by atoms with Crippen LogP contribution in [0.3, 0.4) is 0 Å². The van der Waals surface area contributed by atoms with Gasteiger partial charge in [-0.3, -0.25) is 0 Å². The van der Waals surface area contributed by atoms with Gasteiger partial charge in [0.2, 0.25) is 0 Å². The van der Waals surface area contributed by atoms with E-state index in [1.807, 2.05) is 18.3 Å². The van der Waals surface area contributed by atoms with E-state index in [1.165, 1.54) is 10.8 Å². The fraction of sp³-hybridized carbons (Fsp3) is 0. The fourth-order valence-corrected chi connectivity index (χ4v) is 2.32. The number of rotatable bonds is 1. The smallest absolute Gasteiger partial charge is 0.153 e. The van der Waals surface area contributed by atoms with Gasteiger partial charge in [-0.15, -0.1) is 0 Å². The minimum Gasteiger partial charge on any atom is -0.236 e. The third-order valence-electron chi connectivity index (χ3n) is 3.30. The zero-order chi connectivity index (χ0) is 12.7. The van der Waals surface area contributed by atoms with Crippen LogP contribution in [0.15, 0.2) is 67.0 Å². The van der Waals surface area contributed by atoms with Gasteiger partial charge in [0.05, 0.1) is 5.69 Å². The summed E-state index contributed by atoms with van der Waals surface area (Å²) in [6, 6.07) is 18.7. The van der Waals surface area contributed by atoms with Crippen molar-refractivity contribution in [2.45, 2.75) is 0 Å². The van der Waals surface area contributed by atoms with Crippen LogP contribution in [0.25, 0.3) is 27.7 Å². The molecule has 4 rings (SSSR count). The molecule has 0 saturated carbocycles. The van der Waals surface area contributed by atoms with Crippen molar-refractivity contribution in [2.75, 3.05) is 0 Å². The monoisotopic (exact) mass is 245 g/mol. The van der Waals surface area contributed by atoms with Gasteiger partial charge >= 0.3 is 0 Å². The first-order chi connectivity index (χ1) is 9.40. The first-order valence-corrected chi connectivity index (χ1v) is 6.20. The topological polar surface area (TPSA) is 30.2 Å². The maximum Gasteiger partial charge on any atom is 0.153 e. The number of benzene rings is 2. The summed E-state index contributed by atoms with van der Waals surface area (Å²) in [6.45, 7) is 0. The number of hydrogen-bond acceptors (Lipinski definition) is 2. The minimum absolute atomic E-state index is 0.865. The van der Waals surface area contributed by atoms with Gasteiger partial charge in [0.25, 0.3) is 0 Å². The van der Waals surface area contributed by atoms with E-state index in [1.54, 1.807) is 10.7 Å². The van der Waals surface area contributed by atoms with Crippen LogP contribution in [0, 0.1) is 0 Å². The number of fused-ring (bicyclic) bond motifs is 2. The summed E-state index contributed by atoms with van der Waals surface area (Å²) >= 11 is 0. The van der Waals surface area contributed by atoms with Crippen LogP contribution in [0.5, 0.6) is 0 Å². The number of imidazole rings is 1. The molecule has 3 nitrogen and oxygen atoms in total. The van der Waals surface area contributed by atoms with E-state index in [0.717, 1.165) is 16.9 Å². The third-order valence-corrected chi connectivity index (χ3v) is 3.30. The molecule has 0 N–H and O–H groups in total. The molecule has 0 saturated heterocycles. The molecule has 4 aromatic rings. The zero-order valence-electron chi connectivity index (χ0n) is 10.2. The standard InChI is InChI=1S/C16H11N3/c1-2-4-13-11-14(6-5-12(13)3-1)15-7-8-16-17-9-10-19(16)18-15/h1-11H. The lowest BCUT2D eigenvalue weighted by Gasteiger charge is -2.04. The first-order valence-electron chi connectivity index (χ1n) is 6.20. The largest absolute Gasteiger partial charge is 0.236 e. The summed E-state index contributed by atoms with van der Waals surface area (Å²) in [7, 11) is 0. The van der Waals surface area contributed by atoms with Gasteiger partial charge in [0.1, 0.15) is 0 Å². The Kier molecular flexibility index (Phi) is 2.12. The lowest BCUT2D eigenvalue weighted by molar-refractivity contribution is 0.943. The normalized spacial score (nSPS) is 11.2. The van der Waals surface area contributed by atoms with E-state index >= 15 is 0 Å². The number of nitrogens with zero attached hydrogens (tertiary/aromatic N) is 3. The van der Waals surface area contributed by atoms with E-state index < -0.39 is 0 Å². The van der Waals surface area contributed by atoms with Gasteiger partial charge in [0.15, 0.2) is 5.65 Å². The SMILES string of the molecule is c1ccc2cc(-c3ccc4nccn4n3)ccc2c1. The van der Waals surface area contributed by atoms with Gasteiger partial charge in [-0.05, 0) is 29.0 Å². The summed E-state index contributed by atoms with van der Waals surface area (Å²) in [5.41, 5.74) is 2.94. The lowest BCUT2D eigenvalue weighted by atomic mass is 10.1. The molecule has 0 fully saturated rings. The maximum absolute atomic E-state index is 4.57. The lowest BCUT2D eigenvalue weighted by Crippen LogP contribution is -1.92.